The number of ether oxygens (including phenoxy) is 1. The Morgan fingerprint density at radius 2 is 2.17 bits per heavy atom. The Hall–Kier alpha value is -2.58. The second-order valence-electron chi connectivity index (χ2n) is 4.94. The molecule has 2 aromatic rings. The molecule has 2 heterocycles. The molecular weight excluding hydrogens is 325 g/mol. The summed E-state index contributed by atoms with van der Waals surface area (Å²) in [4.78, 5) is 16.1. The summed E-state index contributed by atoms with van der Waals surface area (Å²) in [6, 6.07) is 4.13. The Bertz CT molecular complexity index is 713. The van der Waals surface area contributed by atoms with E-state index in [1.54, 1.807) is 19.1 Å². The van der Waals surface area contributed by atoms with E-state index in [1.165, 1.54) is 17.8 Å². The molecule has 6 nitrogen and oxygen atoms in total. The van der Waals surface area contributed by atoms with Gasteiger partial charge in [-0.1, -0.05) is 0 Å². The van der Waals surface area contributed by atoms with Gasteiger partial charge in [0.05, 0.1) is 13.2 Å². The number of alkyl halides is 3. The Kier molecular flexibility index (Phi) is 5.42. The van der Waals surface area contributed by atoms with Crippen molar-refractivity contribution in [1.29, 1.82) is 0 Å². The Balaban J connectivity index is 1.97. The van der Waals surface area contributed by atoms with Crippen LogP contribution >= 0.6 is 0 Å². The largest absolute Gasteiger partial charge is 0.477 e. The van der Waals surface area contributed by atoms with Gasteiger partial charge >= 0.3 is 6.18 Å². The second kappa shape index (κ2) is 7.33. The van der Waals surface area contributed by atoms with Gasteiger partial charge in [0, 0.05) is 18.4 Å². The van der Waals surface area contributed by atoms with Crippen LogP contribution in [0.5, 0.6) is 5.88 Å². The molecule has 0 spiro atoms. The zero-order chi connectivity index (χ0) is 17.7. The normalized spacial score (nSPS) is 11.4. The average molecular weight is 342 g/mol. The van der Waals surface area contributed by atoms with Crippen LogP contribution in [0.25, 0.3) is 0 Å². The Morgan fingerprint density at radius 3 is 2.79 bits per heavy atom. The number of aromatic nitrogens is 3. The zero-order valence-corrected chi connectivity index (χ0v) is 13.2. The van der Waals surface area contributed by atoms with Crippen molar-refractivity contribution in [3.05, 3.63) is 41.3 Å². The number of halogens is 3. The van der Waals surface area contributed by atoms with Crippen LogP contribution in [-0.2, 0) is 12.7 Å². The summed E-state index contributed by atoms with van der Waals surface area (Å²) >= 11 is 0. The maximum absolute atomic E-state index is 12.6. The van der Waals surface area contributed by atoms with E-state index in [4.69, 9.17) is 4.74 Å². The van der Waals surface area contributed by atoms with Crippen molar-refractivity contribution in [1.82, 2.24) is 20.1 Å². The molecule has 1 amide bonds. The predicted octanol–water partition coefficient (Wildman–Crippen LogP) is 2.43. The van der Waals surface area contributed by atoms with Gasteiger partial charge in [-0.25, -0.2) is 4.98 Å². The highest BCUT2D eigenvalue weighted by atomic mass is 19.4. The van der Waals surface area contributed by atoms with Crippen molar-refractivity contribution >= 4 is 5.91 Å². The molecule has 1 N–H and O–H groups in total. The van der Waals surface area contributed by atoms with Crippen molar-refractivity contribution in [2.24, 2.45) is 0 Å². The molecule has 0 saturated carbocycles. The summed E-state index contributed by atoms with van der Waals surface area (Å²) in [5.41, 5.74) is -0.308. The fraction of sp³-hybridized carbons (Fsp3) is 0.400. The van der Waals surface area contributed by atoms with Gasteiger partial charge in [0.2, 0.25) is 5.88 Å². The second-order valence-corrected chi connectivity index (χ2v) is 4.94. The first-order valence-corrected chi connectivity index (χ1v) is 7.30. The third-order valence-corrected chi connectivity index (χ3v) is 3.18. The van der Waals surface area contributed by atoms with Gasteiger partial charge in [-0.3, -0.25) is 9.48 Å². The van der Waals surface area contributed by atoms with E-state index in [-0.39, 0.29) is 24.5 Å². The van der Waals surface area contributed by atoms with Crippen LogP contribution in [0.3, 0.4) is 0 Å². The lowest BCUT2D eigenvalue weighted by molar-refractivity contribution is -0.141. The Morgan fingerprint density at radius 1 is 1.42 bits per heavy atom. The zero-order valence-electron chi connectivity index (χ0n) is 13.2. The summed E-state index contributed by atoms with van der Waals surface area (Å²) in [5.74, 6) is -0.195. The SMILES string of the molecule is CCOc1ncccc1C(=O)NCCn1nc(C(F)(F)F)cc1C. The minimum absolute atomic E-state index is 0.123. The number of carbonyl (C=O) groups is 1. The Labute approximate surface area is 136 Å². The van der Waals surface area contributed by atoms with Crippen LogP contribution < -0.4 is 10.1 Å². The van der Waals surface area contributed by atoms with Gasteiger partial charge in [-0.2, -0.15) is 18.3 Å². The fourth-order valence-corrected chi connectivity index (χ4v) is 2.06. The minimum Gasteiger partial charge on any atom is -0.477 e. The molecule has 0 aliphatic heterocycles. The molecular formula is C15H17F3N4O2. The first-order chi connectivity index (χ1) is 11.3. The maximum Gasteiger partial charge on any atom is 0.435 e. The smallest absolute Gasteiger partial charge is 0.435 e. The van der Waals surface area contributed by atoms with E-state index in [9.17, 15) is 18.0 Å². The van der Waals surface area contributed by atoms with Crippen LogP contribution in [0.2, 0.25) is 0 Å². The fourth-order valence-electron chi connectivity index (χ4n) is 2.06. The molecule has 0 aromatic carbocycles. The topological polar surface area (TPSA) is 69.0 Å². The summed E-state index contributed by atoms with van der Waals surface area (Å²) in [7, 11) is 0. The third kappa shape index (κ3) is 4.24. The molecule has 0 radical (unpaired) electrons. The van der Waals surface area contributed by atoms with Gasteiger partial charge in [0.25, 0.3) is 5.91 Å². The van der Waals surface area contributed by atoms with E-state index in [0.29, 0.717) is 12.3 Å². The first kappa shape index (κ1) is 17.8. The highest BCUT2D eigenvalue weighted by molar-refractivity contribution is 5.96. The molecule has 0 aliphatic carbocycles. The first-order valence-electron chi connectivity index (χ1n) is 7.30. The highest BCUT2D eigenvalue weighted by Crippen LogP contribution is 2.28. The van der Waals surface area contributed by atoms with Crippen LogP contribution in [-0.4, -0.2) is 33.8 Å². The molecule has 0 unspecified atom stereocenters. The number of hydrogen-bond acceptors (Lipinski definition) is 4. The van der Waals surface area contributed by atoms with Gasteiger partial charge in [0.15, 0.2) is 5.69 Å². The number of hydrogen-bond donors (Lipinski definition) is 1. The van der Waals surface area contributed by atoms with Gasteiger partial charge in [-0.05, 0) is 32.0 Å². The third-order valence-electron chi connectivity index (χ3n) is 3.18. The predicted molar refractivity (Wildman–Crippen MR) is 79.7 cm³/mol. The summed E-state index contributed by atoms with van der Waals surface area (Å²) < 4.78 is 44.3. The molecule has 0 aliphatic rings. The van der Waals surface area contributed by atoms with Crippen LogP contribution in [0, 0.1) is 6.92 Å². The quantitative estimate of drug-likeness (QED) is 0.875. The van der Waals surface area contributed by atoms with E-state index in [2.05, 4.69) is 15.4 Å². The van der Waals surface area contributed by atoms with Crippen LogP contribution in [0.15, 0.2) is 24.4 Å². The summed E-state index contributed by atoms with van der Waals surface area (Å²) in [5, 5.41) is 6.12. The van der Waals surface area contributed by atoms with E-state index in [0.717, 1.165) is 6.07 Å². The summed E-state index contributed by atoms with van der Waals surface area (Å²) in [6.45, 7) is 3.91. The lowest BCUT2D eigenvalue weighted by atomic mass is 10.2. The molecule has 130 valence electrons. The number of pyridine rings is 1. The van der Waals surface area contributed by atoms with Crippen LogP contribution in [0.1, 0.15) is 28.7 Å². The number of aryl methyl sites for hydroxylation is 1. The molecule has 9 heteroatoms. The van der Waals surface area contributed by atoms with Crippen molar-refractivity contribution in [2.45, 2.75) is 26.6 Å². The van der Waals surface area contributed by atoms with Crippen molar-refractivity contribution < 1.29 is 22.7 Å². The number of amides is 1. The van der Waals surface area contributed by atoms with Gasteiger partial charge in [-0.15, -0.1) is 0 Å². The number of nitrogens with one attached hydrogen (secondary N) is 1. The van der Waals surface area contributed by atoms with Crippen molar-refractivity contribution in [3.63, 3.8) is 0 Å². The van der Waals surface area contributed by atoms with E-state index < -0.39 is 17.8 Å². The number of nitrogens with zero attached hydrogens (tertiary/aromatic N) is 3. The average Bonchev–Trinajstić information content (AvgIpc) is 2.89. The molecule has 0 saturated heterocycles. The highest BCUT2D eigenvalue weighted by Gasteiger charge is 2.34. The van der Waals surface area contributed by atoms with E-state index >= 15 is 0 Å². The molecule has 0 bridgehead atoms. The van der Waals surface area contributed by atoms with E-state index in [1.807, 2.05) is 0 Å². The molecule has 24 heavy (non-hydrogen) atoms. The van der Waals surface area contributed by atoms with Crippen molar-refractivity contribution in [3.8, 4) is 5.88 Å². The lowest BCUT2D eigenvalue weighted by Crippen LogP contribution is -2.28. The lowest BCUT2D eigenvalue weighted by Gasteiger charge is -2.10. The number of carbonyl (C=O) groups excluding carboxylic acids is 1. The molecule has 0 atom stereocenters. The number of rotatable bonds is 6. The van der Waals surface area contributed by atoms with Gasteiger partial charge < -0.3 is 10.1 Å². The standard InChI is InChI=1S/C15H17F3N4O2/c1-3-24-14-11(5-4-6-20-14)13(23)19-7-8-22-10(2)9-12(21-22)15(16,17)18/h4-6,9H,3,7-8H2,1-2H3,(H,19,23). The molecule has 2 aromatic heterocycles. The van der Waals surface area contributed by atoms with Crippen LogP contribution in [0.4, 0.5) is 13.2 Å². The summed E-state index contributed by atoms with van der Waals surface area (Å²) in [6.07, 6.45) is -2.98. The minimum atomic E-state index is -4.48. The van der Waals surface area contributed by atoms with Gasteiger partial charge in [0.1, 0.15) is 5.56 Å². The van der Waals surface area contributed by atoms with Crippen molar-refractivity contribution in [2.75, 3.05) is 13.2 Å². The maximum atomic E-state index is 12.6. The monoisotopic (exact) mass is 342 g/mol. The molecule has 2 rings (SSSR count). The molecule has 0 fully saturated rings.